The lowest BCUT2D eigenvalue weighted by Crippen LogP contribution is -2.44. The van der Waals surface area contributed by atoms with Gasteiger partial charge in [-0.05, 0) is 6.08 Å². The molecular formula is C11H13NO3S. The Hall–Kier alpha value is -1.49. The molecule has 2 amide bonds. The van der Waals surface area contributed by atoms with Gasteiger partial charge in [-0.3, -0.25) is 14.9 Å². The summed E-state index contributed by atoms with van der Waals surface area (Å²) in [6, 6.07) is 0. The fourth-order valence-electron chi connectivity index (χ4n) is 1.22. The molecule has 1 aliphatic rings. The zero-order valence-electron chi connectivity index (χ0n) is 8.73. The third-order valence-corrected chi connectivity index (χ3v) is 2.43. The summed E-state index contributed by atoms with van der Waals surface area (Å²) in [7, 11) is 0. The van der Waals surface area contributed by atoms with Crippen LogP contribution in [0.5, 0.6) is 0 Å². The third kappa shape index (κ3) is 3.27. The van der Waals surface area contributed by atoms with Gasteiger partial charge in [0.05, 0.1) is 0 Å². The number of amides is 2. The van der Waals surface area contributed by atoms with Crippen molar-refractivity contribution in [3.8, 4) is 0 Å². The zero-order chi connectivity index (χ0) is 12.1. The molecule has 5 heteroatoms. The highest BCUT2D eigenvalue weighted by Gasteiger charge is 2.28. The van der Waals surface area contributed by atoms with Gasteiger partial charge in [-0.2, -0.15) is 0 Å². The largest absolute Gasteiger partial charge is 0.480 e. The van der Waals surface area contributed by atoms with E-state index < -0.39 is 12.0 Å². The van der Waals surface area contributed by atoms with Crippen LogP contribution in [0, 0.1) is 0 Å². The highest BCUT2D eigenvalue weighted by atomic mass is 32.1. The second-order valence-electron chi connectivity index (χ2n) is 3.27. The van der Waals surface area contributed by atoms with Crippen molar-refractivity contribution in [3.63, 3.8) is 0 Å². The van der Waals surface area contributed by atoms with Gasteiger partial charge in [0, 0.05) is 17.7 Å². The van der Waals surface area contributed by atoms with Gasteiger partial charge in [-0.25, -0.2) is 0 Å². The number of imide groups is 1. The number of carbonyl (C=O) groups is 2. The number of hydrogen-bond donors (Lipinski definition) is 2. The summed E-state index contributed by atoms with van der Waals surface area (Å²) in [5.74, 6) is -0.418. The van der Waals surface area contributed by atoms with Gasteiger partial charge < -0.3 is 4.74 Å². The molecule has 0 bridgehead atoms. The molecule has 1 fully saturated rings. The first-order valence-corrected chi connectivity index (χ1v) is 5.20. The minimum Gasteiger partial charge on any atom is -0.480 e. The molecule has 1 saturated heterocycles. The van der Waals surface area contributed by atoms with Crippen molar-refractivity contribution >= 4 is 24.4 Å². The molecule has 0 spiro atoms. The van der Waals surface area contributed by atoms with E-state index in [1.165, 1.54) is 0 Å². The van der Waals surface area contributed by atoms with Gasteiger partial charge in [0.25, 0.3) is 5.91 Å². The lowest BCUT2D eigenvalue weighted by molar-refractivity contribution is -0.140. The first-order valence-electron chi connectivity index (χ1n) is 4.76. The highest BCUT2D eigenvalue weighted by molar-refractivity contribution is 7.84. The Bertz CT molecular complexity index is 373. The fraction of sp³-hybridized carbons (Fsp3) is 0.273. The normalized spacial score (nSPS) is 21.3. The van der Waals surface area contributed by atoms with Crippen LogP contribution in [-0.4, -0.2) is 17.9 Å². The number of allylic oxidation sites excluding steroid dienone is 2. The Kier molecular flexibility index (Phi) is 4.37. The maximum atomic E-state index is 11.4. The number of carbonyl (C=O) groups excluding carboxylic acids is 2. The van der Waals surface area contributed by atoms with Crippen molar-refractivity contribution in [3.05, 3.63) is 36.0 Å². The molecule has 1 rings (SSSR count). The van der Waals surface area contributed by atoms with Crippen molar-refractivity contribution < 1.29 is 14.3 Å². The van der Waals surface area contributed by atoms with Gasteiger partial charge in [0.2, 0.25) is 5.91 Å². The molecule has 0 aromatic heterocycles. The second-order valence-corrected chi connectivity index (χ2v) is 3.75. The average Bonchev–Trinajstić information content (AvgIpc) is 2.22. The SMILES string of the molecule is C=C/C=C(/S)C(=C)OC1CCC(=O)NC1=O. The van der Waals surface area contributed by atoms with E-state index in [4.69, 9.17) is 4.74 Å². The third-order valence-electron chi connectivity index (χ3n) is 2.03. The lowest BCUT2D eigenvalue weighted by atomic mass is 10.1. The zero-order valence-corrected chi connectivity index (χ0v) is 9.63. The number of ether oxygens (including phenoxy) is 1. The predicted octanol–water partition coefficient (Wildman–Crippen LogP) is 1.32. The topological polar surface area (TPSA) is 55.4 Å². The fourth-order valence-corrected chi connectivity index (χ4v) is 1.38. The van der Waals surface area contributed by atoms with E-state index >= 15 is 0 Å². The highest BCUT2D eigenvalue weighted by Crippen LogP contribution is 2.19. The maximum absolute atomic E-state index is 11.4. The molecule has 1 N–H and O–H groups in total. The quantitative estimate of drug-likeness (QED) is 0.337. The first-order chi connectivity index (χ1) is 7.54. The van der Waals surface area contributed by atoms with Crippen molar-refractivity contribution in [2.24, 2.45) is 0 Å². The monoisotopic (exact) mass is 239 g/mol. The number of piperidine rings is 1. The summed E-state index contributed by atoms with van der Waals surface area (Å²) in [6.07, 6.45) is 3.11. The Balaban J connectivity index is 2.58. The van der Waals surface area contributed by atoms with Gasteiger partial charge in [-0.1, -0.05) is 19.2 Å². The summed E-state index contributed by atoms with van der Waals surface area (Å²) in [6.45, 7) is 7.15. The van der Waals surface area contributed by atoms with Crippen molar-refractivity contribution in [2.45, 2.75) is 18.9 Å². The van der Waals surface area contributed by atoms with E-state index in [-0.39, 0.29) is 18.1 Å². The molecule has 0 aliphatic carbocycles. The Labute approximate surface area is 99.5 Å². The molecule has 1 unspecified atom stereocenters. The Morgan fingerprint density at radius 3 is 2.81 bits per heavy atom. The minimum atomic E-state index is -0.675. The second kappa shape index (κ2) is 5.55. The molecule has 86 valence electrons. The maximum Gasteiger partial charge on any atom is 0.267 e. The van der Waals surface area contributed by atoms with Gasteiger partial charge in [0.1, 0.15) is 5.76 Å². The molecule has 1 aliphatic heterocycles. The summed E-state index contributed by atoms with van der Waals surface area (Å²) >= 11 is 4.12. The number of thiol groups is 1. The van der Waals surface area contributed by atoms with Gasteiger partial charge in [-0.15, -0.1) is 12.6 Å². The van der Waals surface area contributed by atoms with E-state index in [0.29, 0.717) is 11.3 Å². The Morgan fingerprint density at radius 1 is 1.56 bits per heavy atom. The summed E-state index contributed by atoms with van der Waals surface area (Å²) in [5, 5.41) is 2.20. The first kappa shape index (κ1) is 12.6. The predicted molar refractivity (Wildman–Crippen MR) is 63.7 cm³/mol. The van der Waals surface area contributed by atoms with E-state index in [1.807, 2.05) is 0 Å². The number of rotatable bonds is 4. The van der Waals surface area contributed by atoms with Gasteiger partial charge >= 0.3 is 0 Å². The molecule has 1 heterocycles. The number of nitrogens with one attached hydrogen (secondary N) is 1. The van der Waals surface area contributed by atoms with Crippen LogP contribution in [0.4, 0.5) is 0 Å². The smallest absolute Gasteiger partial charge is 0.267 e. The van der Waals surface area contributed by atoms with Crippen LogP contribution in [0.25, 0.3) is 0 Å². The molecule has 1 atom stereocenters. The molecule has 0 saturated carbocycles. The van der Waals surface area contributed by atoms with Crippen LogP contribution in [0.1, 0.15) is 12.8 Å². The summed E-state index contributed by atoms with van der Waals surface area (Å²) < 4.78 is 5.32. The molecule has 0 aromatic rings. The average molecular weight is 239 g/mol. The van der Waals surface area contributed by atoms with E-state index in [9.17, 15) is 9.59 Å². The van der Waals surface area contributed by atoms with Crippen molar-refractivity contribution in [1.29, 1.82) is 0 Å². The van der Waals surface area contributed by atoms with Gasteiger partial charge in [0.15, 0.2) is 6.10 Å². The molecule has 4 nitrogen and oxygen atoms in total. The van der Waals surface area contributed by atoms with Crippen LogP contribution in [0.3, 0.4) is 0 Å². The van der Waals surface area contributed by atoms with Crippen LogP contribution in [0.15, 0.2) is 36.0 Å². The standard InChI is InChI=1S/C11H13NO3S/c1-3-4-9(16)7(2)15-8-5-6-10(13)12-11(8)14/h3-4,8,16H,1-2,5-6H2,(H,12,13,14)/b9-4+. The summed E-state index contributed by atoms with van der Waals surface area (Å²) in [5.41, 5.74) is 0. The van der Waals surface area contributed by atoms with Crippen molar-refractivity contribution in [2.75, 3.05) is 0 Å². The van der Waals surface area contributed by atoms with Crippen molar-refractivity contribution in [1.82, 2.24) is 5.32 Å². The lowest BCUT2D eigenvalue weighted by Gasteiger charge is -2.22. The molecular weight excluding hydrogens is 226 g/mol. The van der Waals surface area contributed by atoms with Crippen LogP contribution >= 0.6 is 12.6 Å². The number of hydrogen-bond acceptors (Lipinski definition) is 4. The van der Waals surface area contributed by atoms with E-state index in [0.717, 1.165) is 0 Å². The summed E-state index contributed by atoms with van der Waals surface area (Å²) in [4.78, 5) is 22.7. The van der Waals surface area contributed by atoms with E-state index in [1.54, 1.807) is 12.2 Å². The Morgan fingerprint density at radius 2 is 2.25 bits per heavy atom. The van der Waals surface area contributed by atoms with Crippen LogP contribution < -0.4 is 5.32 Å². The van der Waals surface area contributed by atoms with Crippen LogP contribution in [-0.2, 0) is 14.3 Å². The molecule has 0 aromatic carbocycles. The molecule has 0 radical (unpaired) electrons. The van der Waals surface area contributed by atoms with E-state index in [2.05, 4.69) is 31.1 Å². The molecule has 16 heavy (non-hydrogen) atoms. The van der Waals surface area contributed by atoms with Crippen LogP contribution in [0.2, 0.25) is 0 Å². The minimum absolute atomic E-state index is 0.275.